The Morgan fingerprint density at radius 2 is 1.05 bits per heavy atom. The van der Waals surface area contributed by atoms with Crippen LogP contribution >= 0.6 is 0 Å². The second-order valence-electron chi connectivity index (χ2n) is 19.1. The van der Waals surface area contributed by atoms with E-state index in [9.17, 15) is 24.0 Å². The summed E-state index contributed by atoms with van der Waals surface area (Å²) in [5.74, 6) is -2.49. The maximum atomic E-state index is 15.7. The lowest BCUT2D eigenvalue weighted by Crippen LogP contribution is -2.48. The van der Waals surface area contributed by atoms with Gasteiger partial charge in [0.25, 0.3) is 5.91 Å². The number of methoxy groups -OCH3 is 1. The minimum absolute atomic E-state index is 0.00949. The molecular formula is C46H61F2N7O10. The minimum Gasteiger partial charge on any atom is -0.496 e. The van der Waals surface area contributed by atoms with E-state index in [0.717, 1.165) is 17.7 Å². The average molecular weight is 910 g/mol. The first-order valence-corrected chi connectivity index (χ1v) is 21.0. The van der Waals surface area contributed by atoms with Gasteiger partial charge in [-0.3, -0.25) is 15.4 Å². The van der Waals surface area contributed by atoms with Crippen LogP contribution in [0.2, 0.25) is 0 Å². The predicted octanol–water partition coefficient (Wildman–Crippen LogP) is 9.04. The number of ether oxygens (including phenoxy) is 5. The van der Waals surface area contributed by atoms with Gasteiger partial charge in [-0.1, -0.05) is 12.2 Å². The highest BCUT2D eigenvalue weighted by molar-refractivity contribution is 6.05. The zero-order chi connectivity index (χ0) is 48.7. The fourth-order valence-electron chi connectivity index (χ4n) is 6.33. The standard InChI is InChI=1S/C46H61F2N7O10/c1-43(2,3)62-39(57)50-37(51-40(58)63-44(4,5)6)54-20-16-27(17-21-54)31-15-14-30(26-34(31)61-13)49-36(56)29-24-32(47)35(33(48)25-29)28-18-22-55(23-19-28)38(52-41(59)64-45(7,8)9)53-42(60)65-46(10,11)12/h14-16,18,24-26H,17,19-23H2,1-13H3,(H,49,56)(H,50,51,57,58)(H,52,53,59,60). The maximum absolute atomic E-state index is 15.7. The second-order valence-corrected chi connectivity index (χ2v) is 19.1. The number of nitrogens with one attached hydrogen (secondary N) is 3. The highest BCUT2D eigenvalue weighted by Gasteiger charge is 2.29. The zero-order valence-corrected chi connectivity index (χ0v) is 39.4. The van der Waals surface area contributed by atoms with Crippen LogP contribution in [0.3, 0.4) is 0 Å². The van der Waals surface area contributed by atoms with Crippen LogP contribution in [0.25, 0.3) is 11.1 Å². The Balaban J connectivity index is 1.48. The number of hydrogen-bond acceptors (Lipinski definition) is 10. The Morgan fingerprint density at radius 3 is 1.43 bits per heavy atom. The molecule has 5 amide bonds. The van der Waals surface area contributed by atoms with E-state index in [2.05, 4.69) is 25.9 Å². The number of carbonyl (C=O) groups excluding carboxylic acids is 5. The lowest BCUT2D eigenvalue weighted by atomic mass is 9.96. The van der Waals surface area contributed by atoms with Crippen molar-refractivity contribution in [1.29, 1.82) is 0 Å². The molecule has 2 aromatic rings. The summed E-state index contributed by atoms with van der Waals surface area (Å²) >= 11 is 0. The first-order chi connectivity index (χ1) is 30.0. The predicted molar refractivity (Wildman–Crippen MR) is 242 cm³/mol. The Hall–Kier alpha value is -6.53. The van der Waals surface area contributed by atoms with Crippen molar-refractivity contribution in [3.8, 4) is 5.75 Å². The van der Waals surface area contributed by atoms with Gasteiger partial charge >= 0.3 is 24.4 Å². The van der Waals surface area contributed by atoms with Crippen molar-refractivity contribution < 1.29 is 56.4 Å². The molecule has 2 aromatic carbocycles. The first kappa shape index (κ1) is 51.1. The van der Waals surface area contributed by atoms with Crippen molar-refractivity contribution >= 4 is 59.0 Å². The van der Waals surface area contributed by atoms with E-state index in [4.69, 9.17) is 23.7 Å². The van der Waals surface area contributed by atoms with Crippen molar-refractivity contribution in [2.45, 2.75) is 118 Å². The van der Waals surface area contributed by atoms with Crippen LogP contribution in [0.4, 0.5) is 33.6 Å². The van der Waals surface area contributed by atoms with E-state index in [1.54, 1.807) is 106 Å². The number of guanidine groups is 2. The molecule has 2 aliphatic rings. The van der Waals surface area contributed by atoms with E-state index in [1.807, 2.05) is 6.08 Å². The number of anilines is 1. The summed E-state index contributed by atoms with van der Waals surface area (Å²) in [5.41, 5.74) is -1.71. The number of benzene rings is 2. The molecule has 2 heterocycles. The molecule has 0 spiro atoms. The first-order valence-electron chi connectivity index (χ1n) is 21.0. The van der Waals surface area contributed by atoms with E-state index >= 15 is 8.78 Å². The highest BCUT2D eigenvalue weighted by Crippen LogP contribution is 2.34. The van der Waals surface area contributed by atoms with Crippen LogP contribution in [-0.4, -0.2) is 108 Å². The van der Waals surface area contributed by atoms with Gasteiger partial charge in [0, 0.05) is 54.6 Å². The SMILES string of the molecule is COc1cc(NC(=O)c2cc(F)c(C3=CCN(C(=NC(=O)OC(C)(C)C)NC(=O)OC(C)(C)C)CC3)c(F)c2)ccc1C1=CCN(C(=NC(=O)OC(C)(C)C)NC(=O)OC(C)(C)C)CC1. The Bertz CT molecular complexity index is 2260. The molecular weight excluding hydrogens is 849 g/mol. The van der Waals surface area contributed by atoms with Gasteiger partial charge in [0.1, 0.15) is 39.8 Å². The van der Waals surface area contributed by atoms with Gasteiger partial charge in [0.2, 0.25) is 11.9 Å². The Kier molecular flexibility index (Phi) is 16.1. The number of halogens is 2. The van der Waals surface area contributed by atoms with E-state index in [0.29, 0.717) is 35.5 Å². The van der Waals surface area contributed by atoms with E-state index < -0.39 is 64.3 Å². The molecule has 0 aliphatic carbocycles. The fourth-order valence-corrected chi connectivity index (χ4v) is 6.33. The summed E-state index contributed by atoms with van der Waals surface area (Å²) in [4.78, 5) is 75.1. The van der Waals surface area contributed by atoms with Gasteiger partial charge < -0.3 is 38.8 Å². The van der Waals surface area contributed by atoms with Crippen molar-refractivity contribution in [1.82, 2.24) is 20.4 Å². The molecule has 0 saturated heterocycles. The summed E-state index contributed by atoms with van der Waals surface area (Å²) in [7, 11) is 1.46. The molecule has 3 N–H and O–H groups in total. The summed E-state index contributed by atoms with van der Waals surface area (Å²) in [6, 6.07) is 6.84. The summed E-state index contributed by atoms with van der Waals surface area (Å²) in [6.45, 7) is 20.9. The molecule has 19 heteroatoms. The van der Waals surface area contributed by atoms with Crippen molar-refractivity contribution in [2.75, 3.05) is 38.6 Å². The molecule has 0 fully saturated rings. The van der Waals surface area contributed by atoms with Gasteiger partial charge in [-0.15, -0.1) is 9.98 Å². The van der Waals surface area contributed by atoms with E-state index in [-0.39, 0.29) is 49.1 Å². The molecule has 0 radical (unpaired) electrons. The average Bonchev–Trinajstić information content (AvgIpc) is 3.14. The molecule has 65 heavy (non-hydrogen) atoms. The molecule has 0 bridgehead atoms. The van der Waals surface area contributed by atoms with Crippen LogP contribution < -0.4 is 20.7 Å². The van der Waals surface area contributed by atoms with Gasteiger partial charge in [0.05, 0.1) is 7.11 Å². The maximum Gasteiger partial charge on any atom is 0.437 e. The topological polar surface area (TPSA) is 199 Å². The number of alkyl carbamates (subject to hydrolysis) is 2. The quantitative estimate of drug-likeness (QED) is 0.146. The van der Waals surface area contributed by atoms with Crippen molar-refractivity contribution in [3.63, 3.8) is 0 Å². The number of amides is 5. The Labute approximate surface area is 378 Å². The monoisotopic (exact) mass is 909 g/mol. The van der Waals surface area contributed by atoms with Crippen molar-refractivity contribution in [3.05, 3.63) is 70.8 Å². The number of hydrogen-bond donors (Lipinski definition) is 3. The Morgan fingerprint density at radius 1 is 0.615 bits per heavy atom. The second kappa shape index (κ2) is 20.5. The van der Waals surface area contributed by atoms with Crippen LogP contribution in [-0.2, 0) is 18.9 Å². The molecule has 0 aromatic heterocycles. The van der Waals surface area contributed by atoms with Gasteiger partial charge in [-0.2, -0.15) is 0 Å². The molecule has 2 aliphatic heterocycles. The largest absolute Gasteiger partial charge is 0.496 e. The zero-order valence-electron chi connectivity index (χ0n) is 39.4. The molecule has 0 saturated carbocycles. The lowest BCUT2D eigenvalue weighted by Gasteiger charge is -2.30. The van der Waals surface area contributed by atoms with Gasteiger partial charge in [-0.25, -0.2) is 28.0 Å². The van der Waals surface area contributed by atoms with Gasteiger partial charge in [-0.05, 0) is 131 Å². The van der Waals surface area contributed by atoms with Crippen LogP contribution in [0, 0.1) is 11.6 Å². The molecule has 354 valence electrons. The smallest absolute Gasteiger partial charge is 0.437 e. The number of nitrogens with zero attached hydrogens (tertiary/aromatic N) is 4. The summed E-state index contributed by atoms with van der Waals surface area (Å²) < 4.78 is 58.4. The molecule has 0 atom stereocenters. The number of rotatable bonds is 5. The van der Waals surface area contributed by atoms with Gasteiger partial charge in [0.15, 0.2) is 0 Å². The van der Waals surface area contributed by atoms with Crippen LogP contribution in [0.15, 0.2) is 52.5 Å². The summed E-state index contributed by atoms with van der Waals surface area (Å²) in [6.07, 6.45) is 0.454. The highest BCUT2D eigenvalue weighted by atomic mass is 19.1. The normalized spacial score (nSPS) is 15.2. The van der Waals surface area contributed by atoms with E-state index in [1.165, 1.54) is 18.1 Å². The molecule has 17 nitrogen and oxygen atoms in total. The van der Waals surface area contributed by atoms with Crippen molar-refractivity contribution in [2.24, 2.45) is 9.98 Å². The lowest BCUT2D eigenvalue weighted by molar-refractivity contribution is 0.0536. The third-order valence-corrected chi connectivity index (χ3v) is 8.85. The summed E-state index contributed by atoms with van der Waals surface area (Å²) in [5, 5.41) is 7.72. The molecule has 0 unspecified atom stereocenters. The minimum atomic E-state index is -0.962. The third-order valence-electron chi connectivity index (χ3n) is 8.85. The number of aliphatic imine (C=N–C) groups is 2. The fraction of sp³-hybridized carbons (Fsp3) is 0.500. The van der Waals surface area contributed by atoms with Crippen LogP contribution in [0.1, 0.15) is 117 Å². The van der Waals surface area contributed by atoms with Crippen LogP contribution in [0.5, 0.6) is 5.75 Å². The third kappa shape index (κ3) is 16.2. The molecule has 4 rings (SSSR count). The number of carbonyl (C=O) groups is 5.